The predicted molar refractivity (Wildman–Crippen MR) is 68.8 cm³/mol. The van der Waals surface area contributed by atoms with Crippen molar-refractivity contribution in [2.45, 2.75) is 13.5 Å². The highest BCUT2D eigenvalue weighted by Crippen LogP contribution is 2.11. The largest absolute Gasteiger partial charge is 0.381 e. The highest BCUT2D eigenvalue weighted by molar-refractivity contribution is 5.95. The number of carbonyl (C=O) groups excluding carboxylic acids is 1. The normalized spacial score (nSPS) is 10.2. The van der Waals surface area contributed by atoms with E-state index in [0.717, 1.165) is 5.69 Å². The maximum absolute atomic E-state index is 13.6. The molecule has 5 nitrogen and oxygen atoms in total. The Labute approximate surface area is 109 Å². The third kappa shape index (κ3) is 3.04. The molecule has 0 spiro atoms. The third-order valence-electron chi connectivity index (χ3n) is 2.54. The zero-order chi connectivity index (χ0) is 13.8. The lowest BCUT2D eigenvalue weighted by Gasteiger charge is -2.07. The van der Waals surface area contributed by atoms with Crippen molar-refractivity contribution in [1.29, 1.82) is 0 Å². The Bertz CT molecular complexity index is 615. The first-order chi connectivity index (χ1) is 9.08. The summed E-state index contributed by atoms with van der Waals surface area (Å²) >= 11 is 0. The average Bonchev–Trinajstić information content (AvgIpc) is 2.39. The van der Waals surface area contributed by atoms with Gasteiger partial charge in [-0.2, -0.15) is 0 Å². The average molecular weight is 260 g/mol. The zero-order valence-electron chi connectivity index (χ0n) is 10.4. The van der Waals surface area contributed by atoms with Crippen molar-refractivity contribution in [3.05, 3.63) is 53.2 Å². The number of aryl methyl sites for hydroxylation is 1. The van der Waals surface area contributed by atoms with Crippen molar-refractivity contribution in [3.63, 3.8) is 0 Å². The molecule has 2 aromatic rings. The molecule has 0 aliphatic heterocycles. The van der Waals surface area contributed by atoms with E-state index < -0.39 is 11.7 Å². The van der Waals surface area contributed by atoms with Crippen LogP contribution < -0.4 is 11.1 Å². The van der Waals surface area contributed by atoms with Crippen LogP contribution >= 0.6 is 0 Å². The van der Waals surface area contributed by atoms with E-state index in [-0.39, 0.29) is 17.9 Å². The number of nitrogens with zero attached hydrogens (tertiary/aromatic N) is 2. The van der Waals surface area contributed by atoms with Gasteiger partial charge in [-0.3, -0.25) is 9.78 Å². The van der Waals surface area contributed by atoms with Crippen molar-refractivity contribution in [2.75, 3.05) is 5.73 Å². The van der Waals surface area contributed by atoms with Gasteiger partial charge in [-0.05, 0) is 25.1 Å². The summed E-state index contributed by atoms with van der Waals surface area (Å²) in [5.41, 5.74) is 6.74. The number of anilines is 1. The zero-order valence-corrected chi connectivity index (χ0v) is 10.4. The van der Waals surface area contributed by atoms with Crippen LogP contribution in [0.3, 0.4) is 0 Å². The first kappa shape index (κ1) is 12.9. The Morgan fingerprint density at radius 1 is 1.42 bits per heavy atom. The lowest BCUT2D eigenvalue weighted by Crippen LogP contribution is -2.24. The third-order valence-corrected chi connectivity index (χ3v) is 2.54. The molecule has 19 heavy (non-hydrogen) atoms. The molecular formula is C13H13FN4O. The van der Waals surface area contributed by atoms with Crippen molar-refractivity contribution >= 4 is 11.7 Å². The summed E-state index contributed by atoms with van der Waals surface area (Å²) in [6.45, 7) is 2.08. The minimum absolute atomic E-state index is 0.125. The van der Waals surface area contributed by atoms with Gasteiger partial charge in [0.25, 0.3) is 5.91 Å². The van der Waals surface area contributed by atoms with Crippen LogP contribution in [-0.2, 0) is 6.54 Å². The molecule has 1 amide bonds. The van der Waals surface area contributed by atoms with Crippen molar-refractivity contribution < 1.29 is 9.18 Å². The number of pyridine rings is 2. The number of hydrogen-bond acceptors (Lipinski definition) is 4. The van der Waals surface area contributed by atoms with Crippen LogP contribution in [0, 0.1) is 12.7 Å². The van der Waals surface area contributed by atoms with Crippen LogP contribution in [0.5, 0.6) is 0 Å². The van der Waals surface area contributed by atoms with Gasteiger partial charge in [-0.1, -0.05) is 6.07 Å². The number of nitrogen functional groups attached to an aromatic ring is 1. The molecule has 0 fully saturated rings. The number of nitrogens with two attached hydrogens (primary N) is 1. The summed E-state index contributed by atoms with van der Waals surface area (Å²) < 4.78 is 13.6. The van der Waals surface area contributed by atoms with Gasteiger partial charge >= 0.3 is 0 Å². The summed E-state index contributed by atoms with van der Waals surface area (Å²) in [4.78, 5) is 19.6. The van der Waals surface area contributed by atoms with E-state index >= 15 is 0 Å². The van der Waals surface area contributed by atoms with Gasteiger partial charge in [-0.15, -0.1) is 0 Å². The molecule has 6 heteroatoms. The summed E-state index contributed by atoms with van der Waals surface area (Å²) in [5.74, 6) is -1.64. The van der Waals surface area contributed by atoms with Gasteiger partial charge in [0.15, 0.2) is 11.6 Å². The number of rotatable bonds is 3. The standard InChI is InChI=1S/C13H13FN4O/c1-8-3-2-4-9(18-8)7-17-13(19)10-5-6-16-12(15)11(10)14/h2-6H,7H2,1H3,(H2,15,16)(H,17,19). The van der Waals surface area contributed by atoms with Crippen LogP contribution in [0.2, 0.25) is 0 Å². The van der Waals surface area contributed by atoms with E-state index in [1.807, 2.05) is 19.1 Å². The fraction of sp³-hybridized carbons (Fsp3) is 0.154. The first-order valence-electron chi connectivity index (χ1n) is 5.68. The maximum Gasteiger partial charge on any atom is 0.254 e. The number of halogens is 1. The molecule has 0 saturated carbocycles. The number of amides is 1. The van der Waals surface area contributed by atoms with Gasteiger partial charge in [0, 0.05) is 11.9 Å². The summed E-state index contributed by atoms with van der Waals surface area (Å²) in [7, 11) is 0. The Hall–Kier alpha value is -2.50. The lowest BCUT2D eigenvalue weighted by molar-refractivity contribution is 0.0946. The second kappa shape index (κ2) is 5.43. The maximum atomic E-state index is 13.6. The number of hydrogen-bond donors (Lipinski definition) is 2. The first-order valence-corrected chi connectivity index (χ1v) is 5.68. The minimum Gasteiger partial charge on any atom is -0.381 e. The Kier molecular flexibility index (Phi) is 3.70. The predicted octanol–water partition coefficient (Wildman–Crippen LogP) is 1.44. The molecule has 0 radical (unpaired) electrons. The van der Waals surface area contributed by atoms with Crippen molar-refractivity contribution in [1.82, 2.24) is 15.3 Å². The van der Waals surface area contributed by atoms with Gasteiger partial charge < -0.3 is 11.1 Å². The van der Waals surface area contributed by atoms with Crippen LogP contribution in [0.15, 0.2) is 30.5 Å². The molecule has 2 heterocycles. The molecule has 2 rings (SSSR count). The highest BCUT2D eigenvalue weighted by Gasteiger charge is 2.14. The molecule has 2 aromatic heterocycles. The molecule has 0 atom stereocenters. The fourth-order valence-corrected chi connectivity index (χ4v) is 1.60. The SMILES string of the molecule is Cc1cccc(CNC(=O)c2ccnc(N)c2F)n1. The van der Waals surface area contributed by atoms with E-state index in [4.69, 9.17) is 5.73 Å². The van der Waals surface area contributed by atoms with Crippen molar-refractivity contribution in [2.24, 2.45) is 0 Å². The number of nitrogens with one attached hydrogen (secondary N) is 1. The van der Waals surface area contributed by atoms with Crippen LogP contribution in [0.4, 0.5) is 10.2 Å². The Morgan fingerprint density at radius 3 is 2.95 bits per heavy atom. The molecule has 0 aliphatic carbocycles. The quantitative estimate of drug-likeness (QED) is 0.875. The second-order valence-corrected chi connectivity index (χ2v) is 4.01. The van der Waals surface area contributed by atoms with E-state index in [2.05, 4.69) is 15.3 Å². The van der Waals surface area contributed by atoms with Gasteiger partial charge in [0.1, 0.15) is 0 Å². The van der Waals surface area contributed by atoms with Gasteiger partial charge in [-0.25, -0.2) is 9.37 Å². The lowest BCUT2D eigenvalue weighted by atomic mass is 10.2. The summed E-state index contributed by atoms with van der Waals surface area (Å²) in [6, 6.07) is 6.76. The smallest absolute Gasteiger partial charge is 0.254 e. The highest BCUT2D eigenvalue weighted by atomic mass is 19.1. The summed E-state index contributed by atoms with van der Waals surface area (Å²) in [5, 5.41) is 2.59. The Morgan fingerprint density at radius 2 is 2.21 bits per heavy atom. The van der Waals surface area contributed by atoms with Crippen LogP contribution in [0.25, 0.3) is 0 Å². The fourth-order valence-electron chi connectivity index (χ4n) is 1.60. The molecular weight excluding hydrogens is 247 g/mol. The monoisotopic (exact) mass is 260 g/mol. The molecule has 98 valence electrons. The van der Waals surface area contributed by atoms with E-state index in [9.17, 15) is 9.18 Å². The van der Waals surface area contributed by atoms with E-state index in [1.54, 1.807) is 6.07 Å². The second-order valence-electron chi connectivity index (χ2n) is 4.01. The molecule has 3 N–H and O–H groups in total. The van der Waals surface area contributed by atoms with E-state index in [1.165, 1.54) is 12.3 Å². The molecule has 0 bridgehead atoms. The molecule has 0 unspecified atom stereocenters. The van der Waals surface area contributed by atoms with Gasteiger partial charge in [0.05, 0.1) is 17.8 Å². The van der Waals surface area contributed by atoms with Gasteiger partial charge in [0.2, 0.25) is 0 Å². The summed E-state index contributed by atoms with van der Waals surface area (Å²) in [6.07, 6.45) is 1.29. The van der Waals surface area contributed by atoms with E-state index in [0.29, 0.717) is 5.69 Å². The molecule has 0 aromatic carbocycles. The molecule has 0 saturated heterocycles. The van der Waals surface area contributed by atoms with Crippen molar-refractivity contribution in [3.8, 4) is 0 Å². The topological polar surface area (TPSA) is 80.9 Å². The number of aromatic nitrogens is 2. The molecule has 0 aliphatic rings. The Balaban J connectivity index is 2.08. The van der Waals surface area contributed by atoms with Crippen LogP contribution in [0.1, 0.15) is 21.7 Å². The minimum atomic E-state index is -0.808. The van der Waals surface area contributed by atoms with Crippen LogP contribution in [-0.4, -0.2) is 15.9 Å². The number of carbonyl (C=O) groups is 1.